The second-order valence-electron chi connectivity index (χ2n) is 6.73. The van der Waals surface area contributed by atoms with Crippen LogP contribution in [-0.2, 0) is 4.79 Å². The maximum atomic E-state index is 11.4. The fraction of sp³-hybridized carbons (Fsp3) is 0.647. The monoisotopic (exact) mass is 246 g/mol. The van der Waals surface area contributed by atoms with E-state index in [-0.39, 0.29) is 11.2 Å². The first-order valence-corrected chi connectivity index (χ1v) is 6.80. The Kier molecular flexibility index (Phi) is 4.40. The van der Waals surface area contributed by atoms with E-state index in [0.717, 1.165) is 24.0 Å². The standard InChI is InChI=1S/C17H26O/c1-7-15(11-13(2)14(3)18)17(6)10-8-9-16(4,5)12-17/h11H,1,8-10,12H2,2-6H3. The molecule has 1 saturated carbocycles. The second-order valence-corrected chi connectivity index (χ2v) is 6.73. The van der Waals surface area contributed by atoms with Gasteiger partial charge in [-0.3, -0.25) is 4.79 Å². The van der Waals surface area contributed by atoms with Crippen LogP contribution in [0.4, 0.5) is 0 Å². The van der Waals surface area contributed by atoms with Gasteiger partial charge in [0, 0.05) is 5.41 Å². The van der Waals surface area contributed by atoms with Crippen molar-refractivity contribution in [1.82, 2.24) is 0 Å². The Morgan fingerprint density at radius 1 is 1.22 bits per heavy atom. The minimum atomic E-state index is 0.111. The maximum Gasteiger partial charge on any atom is 0.155 e. The molecule has 0 bridgehead atoms. The minimum Gasteiger partial charge on any atom is -0.295 e. The van der Waals surface area contributed by atoms with Gasteiger partial charge in [0.15, 0.2) is 5.78 Å². The fourth-order valence-electron chi connectivity index (χ4n) is 3.18. The van der Waals surface area contributed by atoms with Crippen molar-refractivity contribution in [3.8, 4) is 0 Å². The van der Waals surface area contributed by atoms with E-state index in [1.54, 1.807) is 6.92 Å². The van der Waals surface area contributed by atoms with Crippen molar-refractivity contribution in [3.63, 3.8) is 0 Å². The number of Topliss-reactive ketones (excluding diaryl/α,β-unsaturated/α-hetero) is 1. The lowest BCUT2D eigenvalue weighted by Gasteiger charge is -2.43. The van der Waals surface area contributed by atoms with Crippen molar-refractivity contribution < 1.29 is 4.79 Å². The van der Waals surface area contributed by atoms with E-state index in [1.807, 2.05) is 13.0 Å². The number of carbonyl (C=O) groups excluding carboxylic acids is 1. The van der Waals surface area contributed by atoms with Crippen LogP contribution in [0, 0.1) is 10.8 Å². The first-order valence-electron chi connectivity index (χ1n) is 6.80. The third-order valence-corrected chi connectivity index (χ3v) is 4.21. The van der Waals surface area contributed by atoms with E-state index >= 15 is 0 Å². The molecule has 1 unspecified atom stereocenters. The normalized spacial score (nSPS) is 27.5. The van der Waals surface area contributed by atoms with Crippen LogP contribution in [-0.4, -0.2) is 5.78 Å². The van der Waals surface area contributed by atoms with Crippen LogP contribution in [0.3, 0.4) is 0 Å². The van der Waals surface area contributed by atoms with E-state index in [4.69, 9.17) is 0 Å². The molecular weight excluding hydrogens is 220 g/mol. The second kappa shape index (κ2) is 5.28. The van der Waals surface area contributed by atoms with Gasteiger partial charge < -0.3 is 0 Å². The van der Waals surface area contributed by atoms with E-state index < -0.39 is 0 Å². The molecule has 0 aromatic rings. The van der Waals surface area contributed by atoms with Crippen LogP contribution in [0.1, 0.15) is 60.3 Å². The van der Waals surface area contributed by atoms with Crippen LogP contribution in [0.15, 0.2) is 29.5 Å². The first kappa shape index (κ1) is 15.0. The summed E-state index contributed by atoms with van der Waals surface area (Å²) in [5, 5.41) is 0. The van der Waals surface area contributed by atoms with E-state index in [0.29, 0.717) is 5.41 Å². The molecule has 0 heterocycles. The zero-order valence-electron chi connectivity index (χ0n) is 12.5. The molecule has 18 heavy (non-hydrogen) atoms. The minimum absolute atomic E-state index is 0.111. The van der Waals surface area contributed by atoms with Gasteiger partial charge in [-0.25, -0.2) is 0 Å². The van der Waals surface area contributed by atoms with Crippen LogP contribution in [0.2, 0.25) is 0 Å². The molecule has 0 aromatic heterocycles. The number of hydrogen-bond donors (Lipinski definition) is 0. The summed E-state index contributed by atoms with van der Waals surface area (Å²) in [5.74, 6) is 0.126. The average molecular weight is 246 g/mol. The fourth-order valence-corrected chi connectivity index (χ4v) is 3.18. The summed E-state index contributed by atoms with van der Waals surface area (Å²) in [6, 6.07) is 0. The first-order chi connectivity index (χ1) is 8.20. The summed E-state index contributed by atoms with van der Waals surface area (Å²) in [6.07, 6.45) is 6.80. The molecule has 0 spiro atoms. The quantitative estimate of drug-likeness (QED) is 0.395. The summed E-state index contributed by atoms with van der Waals surface area (Å²) < 4.78 is 0. The highest BCUT2D eigenvalue weighted by Gasteiger charge is 2.38. The van der Waals surface area contributed by atoms with E-state index in [1.165, 1.54) is 12.8 Å². The van der Waals surface area contributed by atoms with E-state index in [2.05, 4.69) is 33.1 Å². The smallest absolute Gasteiger partial charge is 0.155 e. The van der Waals surface area contributed by atoms with Gasteiger partial charge in [0.2, 0.25) is 0 Å². The lowest BCUT2D eigenvalue weighted by molar-refractivity contribution is -0.113. The molecule has 1 heteroatoms. The summed E-state index contributed by atoms with van der Waals surface area (Å²) in [4.78, 5) is 11.4. The van der Waals surface area contributed by atoms with Gasteiger partial charge in [-0.1, -0.05) is 33.8 Å². The SMILES string of the molecule is C=C=C(C=C(C)C(C)=O)C1(C)CCCC(C)(C)C1. The van der Waals surface area contributed by atoms with Gasteiger partial charge in [0.25, 0.3) is 0 Å². The van der Waals surface area contributed by atoms with E-state index in [9.17, 15) is 4.79 Å². The largest absolute Gasteiger partial charge is 0.295 e. The van der Waals surface area contributed by atoms with Crippen molar-refractivity contribution in [2.24, 2.45) is 10.8 Å². The highest BCUT2D eigenvalue weighted by atomic mass is 16.1. The number of carbonyl (C=O) groups is 1. The molecule has 100 valence electrons. The maximum absolute atomic E-state index is 11.4. The summed E-state index contributed by atoms with van der Waals surface area (Å²) in [5.41, 5.74) is 5.45. The number of ketones is 1. The van der Waals surface area contributed by atoms with Crippen molar-refractivity contribution in [2.75, 3.05) is 0 Å². The molecule has 1 aliphatic rings. The van der Waals surface area contributed by atoms with Crippen molar-refractivity contribution >= 4 is 5.78 Å². The lowest BCUT2D eigenvalue weighted by Crippen LogP contribution is -2.32. The Morgan fingerprint density at radius 2 is 1.83 bits per heavy atom. The van der Waals surface area contributed by atoms with Crippen LogP contribution < -0.4 is 0 Å². The van der Waals surface area contributed by atoms with Crippen LogP contribution >= 0.6 is 0 Å². The molecule has 0 radical (unpaired) electrons. The average Bonchev–Trinajstić information content (AvgIpc) is 2.23. The zero-order chi connectivity index (χ0) is 14.0. The predicted molar refractivity (Wildman–Crippen MR) is 77.4 cm³/mol. The van der Waals surface area contributed by atoms with Crippen molar-refractivity contribution in [2.45, 2.75) is 60.3 Å². The van der Waals surface area contributed by atoms with Crippen LogP contribution in [0.25, 0.3) is 0 Å². The van der Waals surface area contributed by atoms with Crippen molar-refractivity contribution in [3.05, 3.63) is 29.5 Å². The molecule has 1 nitrogen and oxygen atoms in total. The highest BCUT2D eigenvalue weighted by Crippen LogP contribution is 2.50. The molecule has 0 N–H and O–H groups in total. The molecule has 0 aromatic carbocycles. The molecule has 1 fully saturated rings. The molecule has 0 amide bonds. The lowest BCUT2D eigenvalue weighted by atomic mass is 9.61. The Labute approximate surface area is 112 Å². The third kappa shape index (κ3) is 3.46. The molecule has 1 aliphatic carbocycles. The molecule has 1 rings (SSSR count). The summed E-state index contributed by atoms with van der Waals surface area (Å²) >= 11 is 0. The highest BCUT2D eigenvalue weighted by molar-refractivity contribution is 5.93. The Balaban J connectivity index is 3.06. The molecule has 0 saturated heterocycles. The zero-order valence-corrected chi connectivity index (χ0v) is 12.5. The number of allylic oxidation sites excluding steroid dienone is 3. The number of rotatable bonds is 3. The van der Waals surface area contributed by atoms with Gasteiger partial charge in [0.1, 0.15) is 0 Å². The molecule has 0 aliphatic heterocycles. The topological polar surface area (TPSA) is 17.1 Å². The van der Waals surface area contributed by atoms with Crippen molar-refractivity contribution in [1.29, 1.82) is 0 Å². The Bertz CT molecular complexity index is 419. The number of hydrogen-bond acceptors (Lipinski definition) is 1. The summed E-state index contributed by atoms with van der Waals surface area (Å²) in [6.45, 7) is 14.2. The van der Waals surface area contributed by atoms with Gasteiger partial charge in [0.05, 0.1) is 0 Å². The van der Waals surface area contributed by atoms with Crippen LogP contribution in [0.5, 0.6) is 0 Å². The van der Waals surface area contributed by atoms with Gasteiger partial charge in [-0.05, 0) is 55.7 Å². The van der Waals surface area contributed by atoms with Gasteiger partial charge in [-0.2, -0.15) is 0 Å². The molecule has 1 atom stereocenters. The van der Waals surface area contributed by atoms with Gasteiger partial charge in [-0.15, -0.1) is 5.73 Å². The Morgan fingerprint density at radius 3 is 2.28 bits per heavy atom. The predicted octanol–water partition coefficient (Wildman–Crippen LogP) is 4.84. The summed E-state index contributed by atoms with van der Waals surface area (Å²) in [7, 11) is 0. The van der Waals surface area contributed by atoms with Gasteiger partial charge >= 0.3 is 0 Å². The third-order valence-electron chi connectivity index (χ3n) is 4.21. The molecular formula is C17H26O. The Hall–Kier alpha value is -1.07.